The van der Waals surface area contributed by atoms with Crippen LogP contribution in [0, 0.1) is 0 Å². The highest BCUT2D eigenvalue weighted by Gasteiger charge is 2.48. The van der Waals surface area contributed by atoms with E-state index >= 15 is 0 Å². The van der Waals surface area contributed by atoms with Gasteiger partial charge in [0, 0.05) is 45.1 Å². The second-order valence-electron chi connectivity index (χ2n) is 6.86. The van der Waals surface area contributed by atoms with Crippen molar-refractivity contribution in [3.8, 4) is 0 Å². The van der Waals surface area contributed by atoms with E-state index in [1.165, 1.54) is 6.42 Å². The summed E-state index contributed by atoms with van der Waals surface area (Å²) >= 11 is 0. The van der Waals surface area contributed by atoms with Gasteiger partial charge in [0.15, 0.2) is 0 Å². The zero-order chi connectivity index (χ0) is 20.7. The molecule has 0 bridgehead atoms. The number of nitrogens with zero attached hydrogens (tertiary/aromatic N) is 1. The first kappa shape index (κ1) is 26.2. The van der Waals surface area contributed by atoms with E-state index in [9.17, 15) is 0 Å². The molecule has 0 amide bonds. The molecule has 0 aromatic carbocycles. The molecule has 0 spiro atoms. The van der Waals surface area contributed by atoms with Gasteiger partial charge < -0.3 is 27.4 Å². The molecule has 0 aliphatic carbocycles. The van der Waals surface area contributed by atoms with E-state index in [2.05, 4.69) is 23.7 Å². The van der Waals surface area contributed by atoms with Gasteiger partial charge in [0.05, 0.1) is 0 Å². The van der Waals surface area contributed by atoms with Crippen LogP contribution in [0.25, 0.3) is 0 Å². The van der Waals surface area contributed by atoms with Gasteiger partial charge in [-0.05, 0) is 80.1 Å². The first-order valence-corrected chi connectivity index (χ1v) is 15.2. The third-order valence-electron chi connectivity index (χ3n) is 4.85. The second-order valence-corrected chi connectivity index (χ2v) is 12.7. The molecule has 0 unspecified atom stereocenters. The van der Waals surface area contributed by atoms with Crippen LogP contribution in [0.5, 0.6) is 0 Å². The van der Waals surface area contributed by atoms with E-state index in [1.54, 1.807) is 0 Å². The molecule has 1 fully saturated rings. The second kappa shape index (κ2) is 15.0. The summed E-state index contributed by atoms with van der Waals surface area (Å²) in [7, 11) is -4.63. The van der Waals surface area contributed by atoms with Gasteiger partial charge in [0.2, 0.25) is 0 Å². The molecule has 1 rings (SSSR count). The van der Waals surface area contributed by atoms with Crippen LogP contribution in [0.15, 0.2) is 0 Å². The minimum absolute atomic E-state index is 0.640. The Morgan fingerprint density at radius 3 is 1.93 bits per heavy atom. The summed E-state index contributed by atoms with van der Waals surface area (Å²) in [5, 5.41) is 3.56. The summed E-state index contributed by atoms with van der Waals surface area (Å²) in [5.41, 5.74) is 0. The average Bonchev–Trinajstić information content (AvgIpc) is 3.04. The van der Waals surface area contributed by atoms with Crippen molar-refractivity contribution in [2.24, 2.45) is 0 Å². The molecular formula is C19H44N2O5Si2. The van der Waals surface area contributed by atoms with E-state index < -0.39 is 17.5 Å². The maximum atomic E-state index is 6.13. The molecule has 28 heavy (non-hydrogen) atoms. The van der Waals surface area contributed by atoms with Gasteiger partial charge in [-0.15, -0.1) is 0 Å². The molecule has 0 atom stereocenters. The third kappa shape index (κ3) is 8.49. The fourth-order valence-electron chi connectivity index (χ4n) is 3.87. The molecule has 168 valence electrons. The van der Waals surface area contributed by atoms with Crippen molar-refractivity contribution in [1.82, 2.24) is 9.88 Å². The highest BCUT2D eigenvalue weighted by molar-refractivity contribution is 6.65. The van der Waals surface area contributed by atoms with Crippen molar-refractivity contribution in [1.29, 1.82) is 0 Å². The van der Waals surface area contributed by atoms with Gasteiger partial charge in [-0.25, -0.2) is 0 Å². The topological polar surface area (TPSA) is 61.4 Å². The fraction of sp³-hybridized carbons (Fsp3) is 1.00. The molecule has 0 radical (unpaired) electrons. The van der Waals surface area contributed by atoms with Gasteiger partial charge in [-0.3, -0.25) is 4.57 Å². The number of rotatable bonds is 18. The number of hydrogen-bond donors (Lipinski definition) is 1. The van der Waals surface area contributed by atoms with Crippen LogP contribution in [-0.4, -0.2) is 81.3 Å². The summed E-state index contributed by atoms with van der Waals surface area (Å²) in [5.74, 6) is 0. The Morgan fingerprint density at radius 1 is 0.821 bits per heavy atom. The lowest BCUT2D eigenvalue weighted by Gasteiger charge is -2.34. The van der Waals surface area contributed by atoms with Crippen molar-refractivity contribution in [3.63, 3.8) is 0 Å². The molecule has 1 aliphatic rings. The van der Waals surface area contributed by atoms with E-state index in [-0.39, 0.29) is 0 Å². The predicted octanol–water partition coefficient (Wildman–Crippen LogP) is 3.12. The zero-order valence-electron chi connectivity index (χ0n) is 18.9. The van der Waals surface area contributed by atoms with Gasteiger partial charge in [-0.1, -0.05) is 0 Å². The van der Waals surface area contributed by atoms with E-state index in [1.807, 2.05) is 20.8 Å². The minimum atomic E-state index is -2.50. The Balaban J connectivity index is 2.29. The van der Waals surface area contributed by atoms with Crippen LogP contribution < -0.4 is 5.32 Å². The van der Waals surface area contributed by atoms with Gasteiger partial charge >= 0.3 is 17.5 Å². The number of hydrogen-bond acceptors (Lipinski definition) is 7. The lowest BCUT2D eigenvalue weighted by atomic mass is 10.4. The predicted molar refractivity (Wildman–Crippen MR) is 118 cm³/mol. The Morgan fingerprint density at radius 2 is 1.39 bits per heavy atom. The molecule has 1 aliphatic heterocycles. The van der Waals surface area contributed by atoms with Crippen LogP contribution in [0.4, 0.5) is 0 Å². The first-order valence-electron chi connectivity index (χ1n) is 11.3. The van der Waals surface area contributed by atoms with Crippen LogP contribution >= 0.6 is 0 Å². The van der Waals surface area contributed by atoms with Crippen molar-refractivity contribution < 1.29 is 22.1 Å². The molecule has 1 saturated heterocycles. The summed E-state index contributed by atoms with van der Waals surface area (Å²) in [4.78, 5) is 0. The monoisotopic (exact) mass is 436 g/mol. The van der Waals surface area contributed by atoms with Crippen LogP contribution in [0.3, 0.4) is 0 Å². The molecule has 0 aromatic rings. The molecule has 7 nitrogen and oxygen atoms in total. The Hall–Kier alpha value is 0.154. The van der Waals surface area contributed by atoms with Crippen molar-refractivity contribution in [2.45, 2.75) is 66.0 Å². The smallest absolute Gasteiger partial charge is 0.383 e. The SMILES string of the molecule is CCO[Si](CCCNCCCN1CCC[Si]1(OCC)OCC)(OCC)OCC. The molecular weight excluding hydrogens is 392 g/mol. The number of nitrogens with one attached hydrogen (secondary N) is 1. The zero-order valence-corrected chi connectivity index (χ0v) is 20.9. The molecule has 1 heterocycles. The Kier molecular flexibility index (Phi) is 14.1. The largest absolute Gasteiger partial charge is 0.500 e. The van der Waals surface area contributed by atoms with Crippen molar-refractivity contribution >= 4 is 17.5 Å². The molecule has 0 saturated carbocycles. The Labute approximate surface area is 175 Å². The lowest BCUT2D eigenvalue weighted by molar-refractivity contribution is 0.0708. The lowest BCUT2D eigenvalue weighted by Crippen LogP contribution is -2.55. The summed E-state index contributed by atoms with van der Waals surface area (Å²) < 4.78 is 32.5. The van der Waals surface area contributed by atoms with E-state index in [0.29, 0.717) is 19.8 Å². The molecule has 1 N–H and O–H groups in total. The quantitative estimate of drug-likeness (QED) is 0.262. The summed E-state index contributed by atoms with van der Waals surface area (Å²) in [6.45, 7) is 17.7. The van der Waals surface area contributed by atoms with Crippen LogP contribution in [0.1, 0.15) is 53.9 Å². The third-order valence-corrected chi connectivity index (χ3v) is 11.9. The minimum Gasteiger partial charge on any atom is -0.383 e. The highest BCUT2D eigenvalue weighted by Crippen LogP contribution is 2.28. The molecule has 9 heteroatoms. The van der Waals surface area contributed by atoms with Crippen molar-refractivity contribution in [3.05, 3.63) is 0 Å². The highest BCUT2D eigenvalue weighted by atomic mass is 28.4. The van der Waals surface area contributed by atoms with Crippen LogP contribution in [0.2, 0.25) is 12.1 Å². The first-order chi connectivity index (χ1) is 13.6. The van der Waals surface area contributed by atoms with E-state index in [0.717, 1.165) is 64.3 Å². The molecule has 0 aromatic heterocycles. The summed E-state index contributed by atoms with van der Waals surface area (Å²) in [6, 6.07) is 1.97. The van der Waals surface area contributed by atoms with E-state index in [4.69, 9.17) is 22.1 Å². The van der Waals surface area contributed by atoms with Gasteiger partial charge in [0.25, 0.3) is 0 Å². The van der Waals surface area contributed by atoms with Crippen molar-refractivity contribution in [2.75, 3.05) is 59.2 Å². The maximum Gasteiger partial charge on any atom is 0.500 e. The maximum absolute atomic E-state index is 6.13. The fourth-order valence-corrected chi connectivity index (χ4v) is 10.0. The standard InChI is InChI=1S/C19H44N2O5Si2/c1-6-22-27(23-7-2)18-13-17-21(27)16-11-14-20-15-12-19-28(24-8-3,25-9-4)26-10-5/h20H,6-19H2,1-5H3. The van der Waals surface area contributed by atoms with Gasteiger partial charge in [-0.2, -0.15) is 0 Å². The van der Waals surface area contributed by atoms with Crippen LogP contribution in [-0.2, 0) is 22.1 Å². The normalized spacial score (nSPS) is 17.5. The summed E-state index contributed by atoms with van der Waals surface area (Å²) in [6.07, 6.45) is 3.31. The Bertz CT molecular complexity index is 370. The van der Waals surface area contributed by atoms with Gasteiger partial charge in [0.1, 0.15) is 0 Å². The average molecular weight is 437 g/mol.